The number of ether oxygens (including phenoxy) is 1. The normalized spacial score (nSPS) is 30.2. The van der Waals surface area contributed by atoms with Crippen molar-refractivity contribution in [1.82, 2.24) is 10.2 Å². The number of hydrogen-bond donors (Lipinski definition) is 1. The van der Waals surface area contributed by atoms with Crippen LogP contribution < -0.4 is 5.32 Å². The Hall–Kier alpha value is -0.980. The van der Waals surface area contributed by atoms with Gasteiger partial charge in [-0.05, 0) is 32.6 Å². The molecule has 0 aromatic rings. The van der Waals surface area contributed by atoms with E-state index in [9.17, 15) is 18.0 Å². The molecule has 0 aromatic heterocycles. The van der Waals surface area contributed by atoms with E-state index in [-0.39, 0.29) is 24.0 Å². The number of piperidine rings is 1. The third-order valence-electron chi connectivity index (χ3n) is 3.38. The molecule has 110 valence electrons. The lowest BCUT2D eigenvalue weighted by molar-refractivity contribution is -0.125. The van der Waals surface area contributed by atoms with Gasteiger partial charge in [0.05, 0.1) is 6.54 Å². The number of hydrogen-bond acceptors (Lipinski definition) is 3. The predicted molar refractivity (Wildman–Crippen MR) is 62.6 cm³/mol. The van der Waals surface area contributed by atoms with Crippen molar-refractivity contribution < 1.29 is 22.7 Å². The molecule has 3 atom stereocenters. The molecule has 19 heavy (non-hydrogen) atoms. The first-order valence-corrected chi connectivity index (χ1v) is 6.35. The molecule has 2 rings (SSSR count). The second-order valence-electron chi connectivity index (χ2n) is 6.23. The van der Waals surface area contributed by atoms with Crippen molar-refractivity contribution >= 4 is 6.09 Å². The number of carbonyl (C=O) groups is 1. The lowest BCUT2D eigenvalue weighted by Gasteiger charge is -2.26. The van der Waals surface area contributed by atoms with Gasteiger partial charge in [-0.3, -0.25) is 0 Å². The topological polar surface area (TPSA) is 41.6 Å². The van der Waals surface area contributed by atoms with Crippen LogP contribution in [0.1, 0.15) is 20.8 Å². The largest absolute Gasteiger partial charge is 0.444 e. The molecule has 0 radical (unpaired) electrons. The van der Waals surface area contributed by atoms with Crippen LogP contribution in [0.15, 0.2) is 0 Å². The van der Waals surface area contributed by atoms with Crippen LogP contribution >= 0.6 is 0 Å². The highest BCUT2D eigenvalue weighted by atomic mass is 19.4. The maximum Gasteiger partial charge on any atom is 0.410 e. The maximum absolute atomic E-state index is 12.1. The van der Waals surface area contributed by atoms with E-state index < -0.39 is 18.3 Å². The number of nitrogens with one attached hydrogen (secondary N) is 1. The molecule has 4 nitrogen and oxygen atoms in total. The Morgan fingerprint density at radius 1 is 1.26 bits per heavy atom. The van der Waals surface area contributed by atoms with Gasteiger partial charge in [-0.25, -0.2) is 4.79 Å². The summed E-state index contributed by atoms with van der Waals surface area (Å²) in [6, 6.07) is -0.111. The van der Waals surface area contributed by atoms with Crippen molar-refractivity contribution in [3.63, 3.8) is 0 Å². The minimum Gasteiger partial charge on any atom is -0.444 e. The zero-order chi connectivity index (χ0) is 14.4. The quantitative estimate of drug-likeness (QED) is 0.841. The van der Waals surface area contributed by atoms with Crippen molar-refractivity contribution in [1.29, 1.82) is 0 Å². The average Bonchev–Trinajstić information content (AvgIpc) is 2.65. The van der Waals surface area contributed by atoms with E-state index in [1.54, 1.807) is 25.7 Å². The lowest BCUT2D eigenvalue weighted by Crippen LogP contribution is -2.40. The standard InChI is InChI=1S/C12H19F3N2O2/c1-11(2,3)19-10(18)17-4-7-8(5-17)9(7)16-6-12(13,14)15/h7-9,16H,4-6H2,1-3H3/t7-,8+,9+. The van der Waals surface area contributed by atoms with Gasteiger partial charge in [-0.15, -0.1) is 0 Å². The zero-order valence-corrected chi connectivity index (χ0v) is 11.3. The van der Waals surface area contributed by atoms with Crippen molar-refractivity contribution in [2.75, 3.05) is 19.6 Å². The highest BCUT2D eigenvalue weighted by Gasteiger charge is 2.57. The Morgan fingerprint density at radius 2 is 1.79 bits per heavy atom. The molecule has 2 fully saturated rings. The van der Waals surface area contributed by atoms with Crippen molar-refractivity contribution in [3.8, 4) is 0 Å². The first-order chi connectivity index (χ1) is 8.57. The van der Waals surface area contributed by atoms with E-state index >= 15 is 0 Å². The van der Waals surface area contributed by atoms with Gasteiger partial charge in [-0.2, -0.15) is 13.2 Å². The molecule has 7 heteroatoms. The van der Waals surface area contributed by atoms with Gasteiger partial charge in [0, 0.05) is 19.1 Å². The molecular formula is C12H19F3N2O2. The summed E-state index contributed by atoms with van der Waals surface area (Å²) in [6.07, 6.45) is -4.56. The van der Waals surface area contributed by atoms with Crippen LogP contribution in [0.25, 0.3) is 0 Å². The second kappa shape index (κ2) is 4.54. The molecule has 0 unspecified atom stereocenters. The Labute approximate surface area is 110 Å². The molecule has 1 N–H and O–H groups in total. The number of halogens is 3. The Bertz CT molecular complexity index is 353. The van der Waals surface area contributed by atoms with E-state index in [0.29, 0.717) is 13.1 Å². The number of rotatable bonds is 2. The molecule has 2 aliphatic rings. The summed E-state index contributed by atoms with van der Waals surface area (Å²) >= 11 is 0. The van der Waals surface area contributed by atoms with Gasteiger partial charge >= 0.3 is 12.3 Å². The molecule has 1 saturated heterocycles. The van der Waals surface area contributed by atoms with Gasteiger partial charge in [0.15, 0.2) is 0 Å². The summed E-state index contributed by atoms with van der Waals surface area (Å²) in [4.78, 5) is 13.3. The van der Waals surface area contributed by atoms with Gasteiger partial charge in [0.2, 0.25) is 0 Å². The molecule has 0 bridgehead atoms. The summed E-state index contributed by atoms with van der Waals surface area (Å²) in [7, 11) is 0. The number of amides is 1. The molecule has 0 spiro atoms. The van der Waals surface area contributed by atoms with Crippen LogP contribution in [-0.2, 0) is 4.74 Å². The number of fused-ring (bicyclic) bond motifs is 1. The van der Waals surface area contributed by atoms with Crippen LogP contribution in [0.4, 0.5) is 18.0 Å². The fourth-order valence-corrected chi connectivity index (χ4v) is 2.54. The molecule has 1 heterocycles. The Kier molecular flexibility index (Phi) is 3.45. The molecule has 1 saturated carbocycles. The van der Waals surface area contributed by atoms with Gasteiger partial charge < -0.3 is 15.0 Å². The summed E-state index contributed by atoms with van der Waals surface area (Å²) in [5.74, 6) is 0.268. The van der Waals surface area contributed by atoms with E-state index in [2.05, 4.69) is 5.32 Å². The number of alkyl halides is 3. The molecule has 1 aliphatic carbocycles. The minimum absolute atomic E-state index is 0.111. The van der Waals surface area contributed by atoms with Crippen LogP contribution in [0, 0.1) is 11.8 Å². The summed E-state index contributed by atoms with van der Waals surface area (Å²) in [6.45, 7) is 5.36. The highest BCUT2D eigenvalue weighted by Crippen LogP contribution is 2.46. The van der Waals surface area contributed by atoms with Crippen molar-refractivity contribution in [2.45, 2.75) is 38.6 Å². The smallest absolute Gasteiger partial charge is 0.410 e. The first kappa shape index (κ1) is 14.4. The number of likely N-dealkylation sites (tertiary alicyclic amines) is 1. The summed E-state index contributed by atoms with van der Waals surface area (Å²) in [5, 5.41) is 2.50. The number of carbonyl (C=O) groups excluding carboxylic acids is 1. The van der Waals surface area contributed by atoms with Gasteiger partial charge in [-0.1, -0.05) is 0 Å². The Balaban J connectivity index is 1.73. The van der Waals surface area contributed by atoms with Crippen LogP contribution in [0.5, 0.6) is 0 Å². The second-order valence-corrected chi connectivity index (χ2v) is 6.23. The maximum atomic E-state index is 12.1. The monoisotopic (exact) mass is 280 g/mol. The van der Waals surface area contributed by atoms with Crippen molar-refractivity contribution in [3.05, 3.63) is 0 Å². The third-order valence-corrected chi connectivity index (χ3v) is 3.38. The third kappa shape index (κ3) is 3.75. The van der Waals surface area contributed by atoms with Gasteiger partial charge in [0.1, 0.15) is 5.60 Å². The highest BCUT2D eigenvalue weighted by molar-refractivity contribution is 5.69. The Morgan fingerprint density at radius 3 is 2.21 bits per heavy atom. The van der Waals surface area contributed by atoms with Crippen molar-refractivity contribution in [2.24, 2.45) is 11.8 Å². The fraction of sp³-hybridized carbons (Fsp3) is 0.917. The minimum atomic E-state index is -4.18. The first-order valence-electron chi connectivity index (χ1n) is 6.35. The lowest BCUT2D eigenvalue weighted by atomic mass is 10.2. The average molecular weight is 280 g/mol. The van der Waals surface area contributed by atoms with E-state index in [1.165, 1.54) is 0 Å². The molecule has 0 aromatic carbocycles. The van der Waals surface area contributed by atoms with Gasteiger partial charge in [0.25, 0.3) is 0 Å². The van der Waals surface area contributed by atoms with Crippen LogP contribution in [0.3, 0.4) is 0 Å². The fourth-order valence-electron chi connectivity index (χ4n) is 2.54. The summed E-state index contributed by atoms with van der Waals surface area (Å²) < 4.78 is 41.4. The van der Waals surface area contributed by atoms with E-state index in [4.69, 9.17) is 4.74 Å². The molecule has 1 aliphatic heterocycles. The van der Waals surface area contributed by atoms with Crippen LogP contribution in [-0.4, -0.2) is 48.4 Å². The molecule has 1 amide bonds. The number of nitrogens with zero attached hydrogens (tertiary/aromatic N) is 1. The predicted octanol–water partition coefficient (Wildman–Crippen LogP) is 2.00. The van der Waals surface area contributed by atoms with E-state index in [0.717, 1.165) is 0 Å². The van der Waals surface area contributed by atoms with E-state index in [1.807, 2.05) is 0 Å². The molecular weight excluding hydrogens is 261 g/mol. The summed E-state index contributed by atoms with van der Waals surface area (Å²) in [5.41, 5.74) is -0.544. The zero-order valence-electron chi connectivity index (χ0n) is 11.3. The van der Waals surface area contributed by atoms with Crippen LogP contribution in [0.2, 0.25) is 0 Å². The SMILES string of the molecule is CC(C)(C)OC(=O)N1C[C@@H]2[C@H](C1)[C@H]2NCC(F)(F)F.